The van der Waals surface area contributed by atoms with Crippen LogP contribution in [-0.2, 0) is 18.3 Å². The first-order valence-corrected chi connectivity index (χ1v) is 9.94. The minimum absolute atomic E-state index is 0.329. The molecule has 171 valence electrons. The normalized spacial score (nSPS) is 16.4. The number of thiazole rings is 1. The highest BCUT2D eigenvalue weighted by molar-refractivity contribution is 7.09. The zero-order valence-electron chi connectivity index (χ0n) is 15.8. The van der Waals surface area contributed by atoms with Crippen LogP contribution < -0.4 is 14.2 Å². The van der Waals surface area contributed by atoms with E-state index >= 15 is 0 Å². The van der Waals surface area contributed by atoms with Crippen molar-refractivity contribution in [2.75, 3.05) is 13.1 Å². The molecule has 0 amide bonds. The third-order valence-corrected chi connectivity index (χ3v) is 5.18. The maximum absolute atomic E-state index is 12.7. The smallest absolute Gasteiger partial charge is 0.486 e. The summed E-state index contributed by atoms with van der Waals surface area (Å²) in [5, 5.41) is 13.1. The van der Waals surface area contributed by atoms with Gasteiger partial charge in [0.25, 0.3) is 0 Å². The van der Waals surface area contributed by atoms with Crippen LogP contribution in [0.25, 0.3) is 0 Å². The molecule has 1 aliphatic rings. The molecule has 3 rings (SSSR count). The Kier molecular flexibility index (Phi) is 7.17. The SMILES string of the molecule is [O]Cc1nc(CN2CCC(Oc3ccc(OC(F)(F)F)cc3OC(F)(F)F)CC2)cs1. The molecule has 1 aliphatic heterocycles. The second kappa shape index (κ2) is 9.49. The zero-order chi connectivity index (χ0) is 22.6. The summed E-state index contributed by atoms with van der Waals surface area (Å²) in [7, 11) is 0. The first-order valence-electron chi connectivity index (χ1n) is 9.06. The van der Waals surface area contributed by atoms with Gasteiger partial charge in [0.1, 0.15) is 23.5 Å². The molecule has 0 spiro atoms. The molecule has 6 nitrogen and oxygen atoms in total. The van der Waals surface area contributed by atoms with Gasteiger partial charge in [-0.3, -0.25) is 4.90 Å². The summed E-state index contributed by atoms with van der Waals surface area (Å²) in [5.74, 6) is -2.09. The van der Waals surface area contributed by atoms with E-state index in [9.17, 15) is 31.4 Å². The number of likely N-dealkylation sites (tertiary alicyclic amines) is 1. The van der Waals surface area contributed by atoms with E-state index in [1.54, 1.807) is 5.38 Å². The maximum Gasteiger partial charge on any atom is 0.573 e. The lowest BCUT2D eigenvalue weighted by Crippen LogP contribution is -2.38. The number of halogens is 6. The van der Waals surface area contributed by atoms with Crippen LogP contribution in [0, 0.1) is 0 Å². The molecule has 1 aromatic heterocycles. The van der Waals surface area contributed by atoms with E-state index in [1.165, 1.54) is 11.3 Å². The van der Waals surface area contributed by atoms with Crippen molar-refractivity contribution in [1.29, 1.82) is 0 Å². The summed E-state index contributed by atoms with van der Waals surface area (Å²) < 4.78 is 88.2. The first-order chi connectivity index (χ1) is 14.5. The van der Waals surface area contributed by atoms with Crippen molar-refractivity contribution < 1.29 is 45.7 Å². The Morgan fingerprint density at radius 3 is 2.29 bits per heavy atom. The highest BCUT2D eigenvalue weighted by Crippen LogP contribution is 2.38. The van der Waals surface area contributed by atoms with E-state index in [1.807, 2.05) is 0 Å². The molecule has 2 aromatic rings. The van der Waals surface area contributed by atoms with Crippen LogP contribution in [0.3, 0.4) is 0 Å². The predicted molar refractivity (Wildman–Crippen MR) is 95.2 cm³/mol. The molecule has 0 N–H and O–H groups in total. The van der Waals surface area contributed by atoms with E-state index in [0.29, 0.717) is 43.5 Å². The van der Waals surface area contributed by atoms with Crippen molar-refractivity contribution in [2.24, 2.45) is 0 Å². The van der Waals surface area contributed by atoms with E-state index in [4.69, 9.17) is 4.74 Å². The number of alkyl halides is 6. The minimum Gasteiger partial charge on any atom is -0.486 e. The van der Waals surface area contributed by atoms with Gasteiger partial charge < -0.3 is 14.2 Å². The van der Waals surface area contributed by atoms with Gasteiger partial charge in [-0.25, -0.2) is 10.1 Å². The molecule has 1 fully saturated rings. The molecule has 31 heavy (non-hydrogen) atoms. The molecule has 13 heteroatoms. The molecule has 1 saturated heterocycles. The van der Waals surface area contributed by atoms with Crippen LogP contribution in [0.1, 0.15) is 23.5 Å². The van der Waals surface area contributed by atoms with Crippen molar-refractivity contribution in [2.45, 2.75) is 44.8 Å². The van der Waals surface area contributed by atoms with E-state index in [-0.39, 0.29) is 12.4 Å². The monoisotopic (exact) mass is 471 g/mol. The van der Waals surface area contributed by atoms with Crippen molar-refractivity contribution in [3.63, 3.8) is 0 Å². The molecular formula is C18H17F6N2O4S. The Bertz CT molecular complexity index is 865. The van der Waals surface area contributed by atoms with Crippen LogP contribution in [0.15, 0.2) is 23.6 Å². The molecule has 1 aromatic carbocycles. The number of piperidine rings is 1. The van der Waals surface area contributed by atoms with Crippen molar-refractivity contribution in [1.82, 2.24) is 9.88 Å². The van der Waals surface area contributed by atoms with Gasteiger partial charge in [-0.2, -0.15) is 0 Å². The number of hydrogen-bond donors (Lipinski definition) is 0. The quantitative estimate of drug-likeness (QED) is 0.537. The highest BCUT2D eigenvalue weighted by atomic mass is 32.1. The molecule has 1 radical (unpaired) electrons. The number of ether oxygens (including phenoxy) is 3. The maximum atomic E-state index is 12.7. The number of rotatable bonds is 7. The fourth-order valence-corrected chi connectivity index (χ4v) is 3.71. The van der Waals surface area contributed by atoms with Gasteiger partial charge in [0.2, 0.25) is 0 Å². The Morgan fingerprint density at radius 2 is 1.71 bits per heavy atom. The summed E-state index contributed by atoms with van der Waals surface area (Å²) in [6.45, 7) is 1.30. The summed E-state index contributed by atoms with van der Waals surface area (Å²) in [4.78, 5) is 6.27. The molecule has 0 atom stereocenters. The van der Waals surface area contributed by atoms with Crippen molar-refractivity contribution >= 4 is 11.3 Å². The lowest BCUT2D eigenvalue weighted by Gasteiger charge is -2.32. The summed E-state index contributed by atoms with van der Waals surface area (Å²) in [5.41, 5.74) is 0.774. The van der Waals surface area contributed by atoms with E-state index < -0.39 is 30.3 Å². The first kappa shape index (κ1) is 23.4. The lowest BCUT2D eigenvalue weighted by atomic mass is 10.1. The van der Waals surface area contributed by atoms with Crippen LogP contribution >= 0.6 is 11.3 Å². The largest absolute Gasteiger partial charge is 0.573 e. The van der Waals surface area contributed by atoms with Crippen LogP contribution in [-0.4, -0.2) is 41.8 Å². The van der Waals surface area contributed by atoms with E-state index in [2.05, 4.69) is 19.4 Å². The number of nitrogens with zero attached hydrogens (tertiary/aromatic N) is 2. The minimum atomic E-state index is -5.12. The third-order valence-electron chi connectivity index (χ3n) is 4.31. The fraction of sp³-hybridized carbons (Fsp3) is 0.500. The van der Waals surface area contributed by atoms with Gasteiger partial charge in [0, 0.05) is 31.1 Å². The lowest BCUT2D eigenvalue weighted by molar-refractivity contribution is -0.276. The number of hydrogen-bond acceptors (Lipinski definition) is 6. The molecule has 0 aliphatic carbocycles. The van der Waals surface area contributed by atoms with Crippen molar-refractivity contribution in [3.05, 3.63) is 34.3 Å². The average Bonchev–Trinajstić information content (AvgIpc) is 3.10. The molecule has 0 unspecified atom stereocenters. The van der Waals surface area contributed by atoms with Gasteiger partial charge in [0.05, 0.1) is 5.69 Å². The summed E-state index contributed by atoms with van der Waals surface area (Å²) >= 11 is 1.29. The molecule has 0 saturated carbocycles. The van der Waals surface area contributed by atoms with Gasteiger partial charge in [-0.15, -0.1) is 37.7 Å². The Hall–Kier alpha value is -2.25. The van der Waals surface area contributed by atoms with Gasteiger partial charge in [-0.05, 0) is 25.0 Å². The average molecular weight is 471 g/mol. The number of aromatic nitrogens is 1. The van der Waals surface area contributed by atoms with Crippen molar-refractivity contribution in [3.8, 4) is 17.2 Å². The Labute approximate surface area is 177 Å². The number of benzene rings is 1. The highest BCUT2D eigenvalue weighted by Gasteiger charge is 2.35. The Morgan fingerprint density at radius 1 is 1.03 bits per heavy atom. The van der Waals surface area contributed by atoms with E-state index in [0.717, 1.165) is 17.8 Å². The standard InChI is InChI=1S/C18H17F6N2O4S/c19-17(20,21)29-13-1-2-14(15(7-13)30-18(22,23)24)28-12-3-5-26(6-4-12)8-11-10-31-16(9-27)25-11/h1-2,7,10,12H,3-6,8-9H2. The third kappa shape index (κ3) is 7.43. The predicted octanol–water partition coefficient (Wildman–Crippen LogP) is 4.91. The fourth-order valence-electron chi connectivity index (χ4n) is 3.07. The van der Waals surface area contributed by atoms with Gasteiger partial charge in [-0.1, -0.05) is 0 Å². The van der Waals surface area contributed by atoms with Crippen LogP contribution in [0.2, 0.25) is 0 Å². The second-order valence-corrected chi connectivity index (χ2v) is 7.62. The topological polar surface area (TPSA) is 63.7 Å². The van der Waals surface area contributed by atoms with Gasteiger partial charge >= 0.3 is 12.7 Å². The second-order valence-electron chi connectivity index (χ2n) is 6.67. The van der Waals surface area contributed by atoms with Gasteiger partial charge in [0.15, 0.2) is 11.5 Å². The zero-order valence-corrected chi connectivity index (χ0v) is 16.6. The summed E-state index contributed by atoms with van der Waals surface area (Å²) in [6.07, 6.45) is -9.67. The van der Waals surface area contributed by atoms with Crippen LogP contribution in [0.5, 0.6) is 17.2 Å². The molecule has 0 bridgehead atoms. The van der Waals surface area contributed by atoms with Crippen LogP contribution in [0.4, 0.5) is 26.3 Å². The molecular weight excluding hydrogens is 454 g/mol. The molecule has 2 heterocycles. The summed E-state index contributed by atoms with van der Waals surface area (Å²) in [6, 6.07) is 2.30. The Balaban J connectivity index is 1.62.